The van der Waals surface area contributed by atoms with Gasteiger partial charge in [0, 0.05) is 18.9 Å². The number of sulfonamides is 1. The summed E-state index contributed by atoms with van der Waals surface area (Å²) in [5, 5.41) is 0. The topological polar surface area (TPSA) is 72.4 Å². The summed E-state index contributed by atoms with van der Waals surface area (Å²) in [5.74, 6) is 0.127. The van der Waals surface area contributed by atoms with Crippen molar-refractivity contribution in [1.82, 2.24) is 14.3 Å². The molecule has 1 aromatic heterocycles. The Hall–Kier alpha value is -1.21. The van der Waals surface area contributed by atoms with Gasteiger partial charge in [-0.3, -0.25) is 0 Å². The highest BCUT2D eigenvalue weighted by Gasteiger charge is 2.28. The monoisotopic (exact) mass is 271 g/mol. The van der Waals surface area contributed by atoms with Crippen LogP contribution in [0.4, 0.5) is 0 Å². The fraction of sp³-hybridized carbons (Fsp3) is 0.636. The third-order valence-corrected chi connectivity index (χ3v) is 4.76. The van der Waals surface area contributed by atoms with Crippen LogP contribution in [0.15, 0.2) is 18.5 Å². The van der Waals surface area contributed by atoms with Crippen molar-refractivity contribution in [3.8, 4) is 6.01 Å². The van der Waals surface area contributed by atoms with E-state index in [2.05, 4.69) is 9.97 Å². The minimum absolute atomic E-state index is 0.127. The second-order valence-electron chi connectivity index (χ2n) is 4.17. The van der Waals surface area contributed by atoms with Gasteiger partial charge in [0.1, 0.15) is 6.10 Å². The number of rotatable bonds is 4. The molecule has 1 aliphatic heterocycles. The molecule has 1 aliphatic rings. The highest BCUT2D eigenvalue weighted by atomic mass is 32.2. The van der Waals surface area contributed by atoms with E-state index < -0.39 is 10.0 Å². The number of ether oxygens (including phenoxy) is 1. The third-order valence-electron chi connectivity index (χ3n) is 2.91. The molecule has 1 saturated heterocycles. The third kappa shape index (κ3) is 3.17. The summed E-state index contributed by atoms with van der Waals surface area (Å²) in [6.45, 7) is 2.61. The SMILES string of the molecule is CCS(=O)(=O)N1CCC[C@@H](Oc2ncccn2)C1. The molecule has 1 atom stereocenters. The zero-order valence-corrected chi connectivity index (χ0v) is 11.1. The van der Waals surface area contributed by atoms with Crippen LogP contribution in [0.1, 0.15) is 19.8 Å². The quantitative estimate of drug-likeness (QED) is 0.804. The van der Waals surface area contributed by atoms with Crippen LogP contribution in [-0.2, 0) is 10.0 Å². The van der Waals surface area contributed by atoms with Crippen molar-refractivity contribution in [3.63, 3.8) is 0 Å². The van der Waals surface area contributed by atoms with Gasteiger partial charge >= 0.3 is 6.01 Å². The summed E-state index contributed by atoms with van der Waals surface area (Å²) >= 11 is 0. The average Bonchev–Trinajstić information content (AvgIpc) is 2.40. The summed E-state index contributed by atoms with van der Waals surface area (Å²) in [5.41, 5.74) is 0. The largest absolute Gasteiger partial charge is 0.459 e. The maximum atomic E-state index is 11.8. The Morgan fingerprint density at radius 2 is 2.17 bits per heavy atom. The number of nitrogens with zero attached hydrogens (tertiary/aromatic N) is 3. The van der Waals surface area contributed by atoms with E-state index in [1.807, 2.05) is 0 Å². The molecule has 0 unspecified atom stereocenters. The highest BCUT2D eigenvalue weighted by molar-refractivity contribution is 7.89. The van der Waals surface area contributed by atoms with Crippen molar-refractivity contribution in [3.05, 3.63) is 18.5 Å². The molecule has 0 radical (unpaired) electrons. The lowest BCUT2D eigenvalue weighted by Gasteiger charge is -2.31. The molecule has 18 heavy (non-hydrogen) atoms. The molecule has 1 fully saturated rings. The lowest BCUT2D eigenvalue weighted by atomic mass is 10.1. The van der Waals surface area contributed by atoms with Crippen LogP contribution in [0, 0.1) is 0 Å². The van der Waals surface area contributed by atoms with E-state index in [9.17, 15) is 8.42 Å². The first-order valence-corrected chi connectivity index (χ1v) is 7.64. The zero-order chi connectivity index (χ0) is 13.0. The molecule has 0 spiro atoms. The van der Waals surface area contributed by atoms with Crippen LogP contribution in [0.3, 0.4) is 0 Å². The van der Waals surface area contributed by atoms with Crippen molar-refractivity contribution >= 4 is 10.0 Å². The molecule has 0 amide bonds. The predicted molar refractivity (Wildman–Crippen MR) is 66.7 cm³/mol. The number of aromatic nitrogens is 2. The predicted octanol–water partition coefficient (Wildman–Crippen LogP) is 0.669. The molecule has 0 N–H and O–H groups in total. The van der Waals surface area contributed by atoms with E-state index in [0.29, 0.717) is 19.1 Å². The van der Waals surface area contributed by atoms with Crippen LogP contribution in [0.5, 0.6) is 6.01 Å². The molecule has 0 saturated carbocycles. The second kappa shape index (κ2) is 5.62. The molecule has 0 aromatic carbocycles. The first kappa shape index (κ1) is 13.2. The van der Waals surface area contributed by atoms with Crippen molar-refractivity contribution in [1.29, 1.82) is 0 Å². The van der Waals surface area contributed by atoms with Crippen LogP contribution in [0.25, 0.3) is 0 Å². The van der Waals surface area contributed by atoms with Gasteiger partial charge < -0.3 is 4.74 Å². The molecular formula is C11H17N3O3S. The van der Waals surface area contributed by atoms with Gasteiger partial charge in [0.15, 0.2) is 0 Å². The van der Waals surface area contributed by atoms with Gasteiger partial charge in [-0.05, 0) is 25.8 Å². The van der Waals surface area contributed by atoms with Gasteiger partial charge in [-0.15, -0.1) is 0 Å². The summed E-state index contributed by atoms with van der Waals surface area (Å²) < 4.78 is 30.7. The van der Waals surface area contributed by atoms with Gasteiger partial charge in [0.25, 0.3) is 0 Å². The van der Waals surface area contributed by atoms with Crippen molar-refractivity contribution in [2.24, 2.45) is 0 Å². The molecule has 1 aromatic rings. The normalized spacial score (nSPS) is 21.7. The maximum Gasteiger partial charge on any atom is 0.316 e. The maximum absolute atomic E-state index is 11.8. The Balaban J connectivity index is 1.99. The Labute approximate surface area is 107 Å². The number of piperidine rings is 1. The van der Waals surface area contributed by atoms with Crippen molar-refractivity contribution in [2.45, 2.75) is 25.9 Å². The second-order valence-corrected chi connectivity index (χ2v) is 6.43. The number of hydrogen-bond acceptors (Lipinski definition) is 5. The van der Waals surface area contributed by atoms with Crippen LogP contribution < -0.4 is 4.74 Å². The Morgan fingerprint density at radius 3 is 2.83 bits per heavy atom. The van der Waals surface area contributed by atoms with Gasteiger partial charge in [-0.25, -0.2) is 18.4 Å². The fourth-order valence-corrected chi connectivity index (χ4v) is 3.10. The van der Waals surface area contributed by atoms with E-state index in [1.165, 1.54) is 4.31 Å². The Bertz CT molecular complexity index is 478. The van der Waals surface area contributed by atoms with E-state index in [1.54, 1.807) is 25.4 Å². The van der Waals surface area contributed by atoms with E-state index >= 15 is 0 Å². The van der Waals surface area contributed by atoms with Crippen LogP contribution in [0.2, 0.25) is 0 Å². The summed E-state index contributed by atoms with van der Waals surface area (Å²) in [4.78, 5) is 7.96. The van der Waals surface area contributed by atoms with Crippen LogP contribution in [-0.4, -0.2) is 47.6 Å². The summed E-state index contributed by atoms with van der Waals surface area (Å²) in [6.07, 6.45) is 4.67. The van der Waals surface area contributed by atoms with E-state index in [-0.39, 0.29) is 11.9 Å². The zero-order valence-electron chi connectivity index (χ0n) is 10.3. The van der Waals surface area contributed by atoms with E-state index in [4.69, 9.17) is 4.74 Å². The van der Waals surface area contributed by atoms with Gasteiger partial charge in [-0.2, -0.15) is 4.31 Å². The summed E-state index contributed by atoms with van der Waals surface area (Å²) in [6, 6.07) is 2.01. The Morgan fingerprint density at radius 1 is 1.44 bits per heavy atom. The molecule has 100 valence electrons. The van der Waals surface area contributed by atoms with Gasteiger partial charge in [0.05, 0.1) is 12.3 Å². The van der Waals surface area contributed by atoms with Crippen LogP contribution >= 0.6 is 0 Å². The molecule has 2 rings (SSSR count). The molecule has 2 heterocycles. The average molecular weight is 271 g/mol. The number of hydrogen-bond donors (Lipinski definition) is 0. The standard InChI is InChI=1S/C11H17N3O3S/c1-2-18(15,16)14-8-3-5-10(9-14)17-11-12-6-4-7-13-11/h4,6-7,10H,2-3,5,8-9H2,1H3/t10-/m1/s1. The molecular weight excluding hydrogens is 254 g/mol. The molecule has 0 aliphatic carbocycles. The highest BCUT2D eigenvalue weighted by Crippen LogP contribution is 2.17. The first-order chi connectivity index (χ1) is 8.62. The minimum atomic E-state index is -3.13. The Kier molecular flexibility index (Phi) is 4.13. The summed E-state index contributed by atoms with van der Waals surface area (Å²) in [7, 11) is -3.13. The molecule has 0 bridgehead atoms. The van der Waals surface area contributed by atoms with E-state index in [0.717, 1.165) is 12.8 Å². The smallest absolute Gasteiger partial charge is 0.316 e. The first-order valence-electron chi connectivity index (χ1n) is 6.03. The fourth-order valence-electron chi connectivity index (χ4n) is 1.93. The van der Waals surface area contributed by atoms with Crippen molar-refractivity contribution in [2.75, 3.05) is 18.8 Å². The molecule has 7 heteroatoms. The van der Waals surface area contributed by atoms with Crippen molar-refractivity contribution < 1.29 is 13.2 Å². The lowest BCUT2D eigenvalue weighted by Crippen LogP contribution is -2.45. The molecule has 6 nitrogen and oxygen atoms in total. The van der Waals surface area contributed by atoms with Gasteiger partial charge in [0.2, 0.25) is 10.0 Å². The lowest BCUT2D eigenvalue weighted by molar-refractivity contribution is 0.119. The van der Waals surface area contributed by atoms with Gasteiger partial charge in [-0.1, -0.05) is 0 Å². The minimum Gasteiger partial charge on any atom is -0.459 e.